The van der Waals surface area contributed by atoms with Crippen LogP contribution in [0.1, 0.15) is 17.4 Å². The van der Waals surface area contributed by atoms with E-state index in [2.05, 4.69) is 4.72 Å². The number of thiophene rings is 1. The second kappa shape index (κ2) is 6.39. The Hall–Kier alpha value is -1.37. The first-order chi connectivity index (χ1) is 9.53. The molecule has 2 rings (SSSR count). The molecule has 4 nitrogen and oxygen atoms in total. The van der Waals surface area contributed by atoms with Crippen molar-refractivity contribution in [2.75, 3.05) is 6.61 Å². The maximum atomic E-state index is 12.4. The third-order valence-corrected chi connectivity index (χ3v) is 5.00. The molecule has 0 amide bonds. The molecule has 0 spiro atoms. The lowest BCUT2D eigenvalue weighted by atomic mass is 10.2. The van der Waals surface area contributed by atoms with E-state index in [1.54, 1.807) is 12.1 Å². The van der Waals surface area contributed by atoms with Gasteiger partial charge in [-0.1, -0.05) is 12.1 Å². The number of nitrogens with one attached hydrogen (secondary N) is 1. The van der Waals surface area contributed by atoms with Gasteiger partial charge in [-0.3, -0.25) is 0 Å². The van der Waals surface area contributed by atoms with E-state index in [0.29, 0.717) is 18.9 Å². The fourth-order valence-electron chi connectivity index (χ4n) is 1.76. The van der Waals surface area contributed by atoms with Crippen LogP contribution in [-0.4, -0.2) is 15.0 Å². The van der Waals surface area contributed by atoms with Gasteiger partial charge in [0.1, 0.15) is 10.6 Å². The summed E-state index contributed by atoms with van der Waals surface area (Å²) in [6, 6.07) is 8.95. The van der Waals surface area contributed by atoms with E-state index in [0.717, 1.165) is 10.4 Å². The first-order valence-corrected chi connectivity index (χ1v) is 8.64. The van der Waals surface area contributed by atoms with Gasteiger partial charge >= 0.3 is 0 Å². The molecule has 0 bridgehead atoms. The number of hydrogen-bond acceptors (Lipinski definition) is 4. The summed E-state index contributed by atoms with van der Waals surface area (Å²) in [5, 5.41) is 1.92. The molecule has 20 heavy (non-hydrogen) atoms. The Balaban J connectivity index is 2.26. The number of rotatable bonds is 6. The molecule has 1 aromatic heterocycles. The molecule has 0 aliphatic rings. The Morgan fingerprint density at radius 1 is 1.30 bits per heavy atom. The fourth-order valence-corrected chi connectivity index (χ4v) is 3.73. The molecule has 1 N–H and O–H groups in total. The van der Waals surface area contributed by atoms with E-state index in [-0.39, 0.29) is 4.90 Å². The van der Waals surface area contributed by atoms with Crippen molar-refractivity contribution >= 4 is 21.4 Å². The highest BCUT2D eigenvalue weighted by molar-refractivity contribution is 7.89. The van der Waals surface area contributed by atoms with Crippen LogP contribution in [0.3, 0.4) is 0 Å². The molecule has 6 heteroatoms. The highest BCUT2D eigenvalue weighted by Crippen LogP contribution is 2.25. The van der Waals surface area contributed by atoms with Crippen molar-refractivity contribution in [3.8, 4) is 5.75 Å². The maximum Gasteiger partial charge on any atom is 0.244 e. The van der Waals surface area contributed by atoms with E-state index >= 15 is 0 Å². The maximum absolute atomic E-state index is 12.4. The van der Waals surface area contributed by atoms with Crippen LogP contribution >= 0.6 is 11.3 Å². The summed E-state index contributed by atoms with van der Waals surface area (Å²) in [5.74, 6) is 0.386. The molecule has 0 aliphatic carbocycles. The summed E-state index contributed by atoms with van der Waals surface area (Å²) in [7, 11) is -3.58. The zero-order valence-corrected chi connectivity index (χ0v) is 13.1. The minimum absolute atomic E-state index is 0.191. The fraction of sp³-hybridized carbons (Fsp3) is 0.286. The first kappa shape index (κ1) is 15.0. The van der Waals surface area contributed by atoms with Crippen molar-refractivity contribution in [3.05, 3.63) is 46.2 Å². The lowest BCUT2D eigenvalue weighted by molar-refractivity contribution is 0.331. The number of benzene rings is 1. The molecule has 0 fully saturated rings. The van der Waals surface area contributed by atoms with E-state index in [1.807, 2.05) is 37.4 Å². The topological polar surface area (TPSA) is 55.4 Å². The molecule has 0 saturated carbocycles. The summed E-state index contributed by atoms with van der Waals surface area (Å²) in [4.78, 5) is 1.16. The Labute approximate surface area is 123 Å². The Morgan fingerprint density at radius 2 is 2.10 bits per heavy atom. The molecule has 0 radical (unpaired) electrons. The zero-order valence-electron chi connectivity index (χ0n) is 11.4. The van der Waals surface area contributed by atoms with Crippen LogP contribution < -0.4 is 9.46 Å². The van der Waals surface area contributed by atoms with Crippen LogP contribution in [0.4, 0.5) is 0 Å². The van der Waals surface area contributed by atoms with Crippen molar-refractivity contribution in [1.29, 1.82) is 0 Å². The van der Waals surface area contributed by atoms with Crippen LogP contribution in [0.5, 0.6) is 5.75 Å². The average molecular weight is 311 g/mol. The summed E-state index contributed by atoms with van der Waals surface area (Å²) in [6.45, 7) is 4.40. The predicted molar refractivity (Wildman–Crippen MR) is 80.7 cm³/mol. The van der Waals surface area contributed by atoms with Gasteiger partial charge in [0.05, 0.1) is 6.61 Å². The van der Waals surface area contributed by atoms with E-state index in [4.69, 9.17) is 4.74 Å². The summed E-state index contributed by atoms with van der Waals surface area (Å²) < 4.78 is 32.8. The normalized spacial score (nSPS) is 11.5. The Bertz CT molecular complexity index is 664. The Kier molecular flexibility index (Phi) is 4.80. The quantitative estimate of drug-likeness (QED) is 0.892. The van der Waals surface area contributed by atoms with Crippen molar-refractivity contribution < 1.29 is 13.2 Å². The van der Waals surface area contributed by atoms with Crippen molar-refractivity contribution in [2.24, 2.45) is 0 Å². The summed E-state index contributed by atoms with van der Waals surface area (Å²) >= 11 is 1.52. The van der Waals surface area contributed by atoms with Gasteiger partial charge in [-0.2, -0.15) is 0 Å². The van der Waals surface area contributed by atoms with Crippen molar-refractivity contribution in [3.63, 3.8) is 0 Å². The van der Waals surface area contributed by atoms with Crippen LogP contribution in [-0.2, 0) is 16.6 Å². The Morgan fingerprint density at radius 3 is 2.75 bits per heavy atom. The van der Waals surface area contributed by atoms with Gasteiger partial charge in [-0.05, 0) is 43.0 Å². The van der Waals surface area contributed by atoms with Crippen LogP contribution in [0, 0.1) is 6.92 Å². The van der Waals surface area contributed by atoms with Gasteiger partial charge in [0.25, 0.3) is 0 Å². The molecule has 0 saturated heterocycles. The van der Waals surface area contributed by atoms with Gasteiger partial charge in [0.15, 0.2) is 0 Å². The number of ether oxygens (including phenoxy) is 1. The molecular formula is C14H17NO3S2. The third-order valence-electron chi connectivity index (χ3n) is 2.71. The van der Waals surface area contributed by atoms with Gasteiger partial charge in [0.2, 0.25) is 10.0 Å². The number of sulfonamides is 1. The first-order valence-electron chi connectivity index (χ1n) is 6.28. The molecule has 1 heterocycles. The minimum atomic E-state index is -3.58. The van der Waals surface area contributed by atoms with E-state index in [9.17, 15) is 8.42 Å². The molecule has 0 aliphatic heterocycles. The number of hydrogen-bond donors (Lipinski definition) is 1. The summed E-state index contributed by atoms with van der Waals surface area (Å²) in [5.41, 5.74) is 0.880. The molecule has 0 atom stereocenters. The summed E-state index contributed by atoms with van der Waals surface area (Å²) in [6.07, 6.45) is 0. The molecule has 108 valence electrons. The van der Waals surface area contributed by atoms with Gasteiger partial charge < -0.3 is 4.74 Å². The lowest BCUT2D eigenvalue weighted by Crippen LogP contribution is -2.23. The second-order valence-electron chi connectivity index (χ2n) is 4.29. The van der Waals surface area contributed by atoms with E-state index < -0.39 is 10.0 Å². The van der Waals surface area contributed by atoms with E-state index in [1.165, 1.54) is 11.3 Å². The molecule has 2 aromatic rings. The van der Waals surface area contributed by atoms with Crippen LogP contribution in [0.2, 0.25) is 0 Å². The third kappa shape index (κ3) is 3.59. The largest absolute Gasteiger partial charge is 0.492 e. The van der Waals surface area contributed by atoms with Crippen molar-refractivity contribution in [2.45, 2.75) is 25.3 Å². The molecular weight excluding hydrogens is 294 g/mol. The van der Waals surface area contributed by atoms with Crippen molar-refractivity contribution in [1.82, 2.24) is 4.72 Å². The van der Waals surface area contributed by atoms with Gasteiger partial charge in [-0.25, -0.2) is 13.1 Å². The molecule has 0 unspecified atom stereocenters. The lowest BCUT2D eigenvalue weighted by Gasteiger charge is -2.12. The second-order valence-corrected chi connectivity index (χ2v) is 7.05. The predicted octanol–water partition coefficient (Wildman–Crippen LogP) is 2.93. The monoisotopic (exact) mass is 311 g/mol. The van der Waals surface area contributed by atoms with Crippen LogP contribution in [0.15, 0.2) is 40.6 Å². The standard InChI is InChI=1S/C14H17NO3S2/c1-3-18-13-7-6-11(2)9-14(13)20(16,17)15-10-12-5-4-8-19-12/h4-9,15H,3,10H2,1-2H3. The smallest absolute Gasteiger partial charge is 0.244 e. The van der Waals surface area contributed by atoms with Gasteiger partial charge in [-0.15, -0.1) is 11.3 Å². The SMILES string of the molecule is CCOc1ccc(C)cc1S(=O)(=O)NCc1cccs1. The average Bonchev–Trinajstić information content (AvgIpc) is 2.92. The highest BCUT2D eigenvalue weighted by Gasteiger charge is 2.19. The van der Waals surface area contributed by atoms with Crippen LogP contribution in [0.25, 0.3) is 0 Å². The minimum Gasteiger partial charge on any atom is -0.492 e. The zero-order chi connectivity index (χ0) is 14.6. The number of aryl methyl sites for hydroxylation is 1. The molecule has 1 aromatic carbocycles. The highest BCUT2D eigenvalue weighted by atomic mass is 32.2. The van der Waals surface area contributed by atoms with Gasteiger partial charge in [0, 0.05) is 11.4 Å².